The number of amides is 1. The van der Waals surface area contributed by atoms with Gasteiger partial charge in [0, 0.05) is 44.1 Å². The van der Waals surface area contributed by atoms with Crippen molar-refractivity contribution in [3.8, 4) is 16.9 Å². The molecule has 1 amide bonds. The number of piperazine rings is 1. The van der Waals surface area contributed by atoms with Crippen LogP contribution in [0.4, 0.5) is 4.39 Å². The summed E-state index contributed by atoms with van der Waals surface area (Å²) in [6.07, 6.45) is 3.31. The second-order valence-electron chi connectivity index (χ2n) is 6.51. The Balaban J connectivity index is 1.78. The van der Waals surface area contributed by atoms with Crippen molar-refractivity contribution in [2.75, 3.05) is 33.2 Å². The molecule has 0 atom stereocenters. The number of aromatic nitrogens is 4. The monoisotopic (exact) mass is 366 g/mol. The van der Waals surface area contributed by atoms with Gasteiger partial charge in [0.25, 0.3) is 5.91 Å². The van der Waals surface area contributed by atoms with Crippen LogP contribution in [0.25, 0.3) is 16.9 Å². The van der Waals surface area contributed by atoms with E-state index in [2.05, 4.69) is 20.2 Å². The second-order valence-corrected chi connectivity index (χ2v) is 6.51. The van der Waals surface area contributed by atoms with E-state index in [1.54, 1.807) is 46.2 Å². The molecule has 0 aliphatic carbocycles. The molecule has 4 rings (SSSR count). The highest BCUT2D eigenvalue weighted by Gasteiger charge is 2.28. The molecule has 1 aliphatic rings. The number of carbonyl (C=O) groups is 1. The minimum Gasteiger partial charge on any atom is -0.335 e. The van der Waals surface area contributed by atoms with E-state index in [1.807, 2.05) is 7.05 Å². The largest absolute Gasteiger partial charge is 0.335 e. The molecule has 1 aliphatic heterocycles. The van der Waals surface area contributed by atoms with E-state index in [4.69, 9.17) is 0 Å². The van der Waals surface area contributed by atoms with Crippen LogP contribution in [-0.2, 0) is 0 Å². The number of hydrogen-bond donors (Lipinski definition) is 0. The van der Waals surface area contributed by atoms with Crippen LogP contribution in [-0.4, -0.2) is 68.9 Å². The van der Waals surface area contributed by atoms with Gasteiger partial charge in [-0.15, -0.1) is 5.10 Å². The lowest BCUT2D eigenvalue weighted by Gasteiger charge is -2.32. The van der Waals surface area contributed by atoms with Gasteiger partial charge in [0.15, 0.2) is 5.69 Å². The number of likely N-dealkylation sites (N-methyl/N-ethyl adjacent to an activating group) is 1. The molecule has 0 radical (unpaired) electrons. The summed E-state index contributed by atoms with van der Waals surface area (Å²) in [6.45, 7) is 2.94. The molecule has 1 aromatic carbocycles. The van der Waals surface area contributed by atoms with Crippen molar-refractivity contribution >= 4 is 5.91 Å². The van der Waals surface area contributed by atoms with Crippen LogP contribution in [0.5, 0.6) is 0 Å². The quantitative estimate of drug-likeness (QED) is 0.708. The minimum atomic E-state index is -0.335. The van der Waals surface area contributed by atoms with E-state index in [1.165, 1.54) is 12.1 Å². The van der Waals surface area contributed by atoms with Gasteiger partial charge >= 0.3 is 0 Å². The van der Waals surface area contributed by atoms with Crippen molar-refractivity contribution in [1.29, 1.82) is 0 Å². The van der Waals surface area contributed by atoms with Gasteiger partial charge in [-0.1, -0.05) is 5.21 Å². The average molecular weight is 366 g/mol. The van der Waals surface area contributed by atoms with Crippen LogP contribution in [0.15, 0.2) is 48.8 Å². The summed E-state index contributed by atoms with van der Waals surface area (Å²) in [6, 6.07) is 9.54. The summed E-state index contributed by atoms with van der Waals surface area (Å²) in [4.78, 5) is 21.1. The van der Waals surface area contributed by atoms with Crippen LogP contribution >= 0.6 is 0 Å². The molecule has 0 bridgehead atoms. The SMILES string of the molecule is CN1CCN(C(=O)c2nnn(-c3ccc(F)cc3)c2-c2ccncc2)CC1. The fraction of sp³-hybridized carbons (Fsp3) is 0.263. The third kappa shape index (κ3) is 3.43. The molecule has 0 unspecified atom stereocenters. The Kier molecular flexibility index (Phi) is 4.64. The van der Waals surface area contributed by atoms with E-state index in [9.17, 15) is 9.18 Å². The molecule has 3 heterocycles. The Bertz CT molecular complexity index is 933. The Morgan fingerprint density at radius 3 is 2.33 bits per heavy atom. The molecule has 0 saturated carbocycles. The van der Waals surface area contributed by atoms with Crippen LogP contribution in [0, 0.1) is 5.82 Å². The smallest absolute Gasteiger partial charge is 0.276 e. The molecule has 8 heteroatoms. The fourth-order valence-corrected chi connectivity index (χ4v) is 3.12. The maximum absolute atomic E-state index is 13.3. The molecular formula is C19H19FN6O. The minimum absolute atomic E-state index is 0.150. The molecule has 138 valence electrons. The summed E-state index contributed by atoms with van der Waals surface area (Å²) in [7, 11) is 2.04. The number of carbonyl (C=O) groups excluding carboxylic acids is 1. The number of pyridine rings is 1. The zero-order valence-corrected chi connectivity index (χ0v) is 14.9. The Morgan fingerprint density at radius 2 is 1.67 bits per heavy atom. The Labute approximate surface area is 156 Å². The third-order valence-corrected chi connectivity index (χ3v) is 4.69. The summed E-state index contributed by atoms with van der Waals surface area (Å²) < 4.78 is 14.9. The second kappa shape index (κ2) is 7.24. The van der Waals surface area contributed by atoms with E-state index < -0.39 is 0 Å². The van der Waals surface area contributed by atoms with Crippen LogP contribution < -0.4 is 0 Å². The number of halogens is 1. The van der Waals surface area contributed by atoms with Gasteiger partial charge in [0.2, 0.25) is 0 Å². The van der Waals surface area contributed by atoms with Crippen molar-refractivity contribution in [2.45, 2.75) is 0 Å². The van der Waals surface area contributed by atoms with Gasteiger partial charge in [-0.05, 0) is 43.4 Å². The molecule has 3 aromatic rings. The van der Waals surface area contributed by atoms with Crippen molar-refractivity contribution in [2.24, 2.45) is 0 Å². The highest BCUT2D eigenvalue weighted by molar-refractivity contribution is 5.98. The molecule has 0 N–H and O–H groups in total. The lowest BCUT2D eigenvalue weighted by atomic mass is 10.1. The molecular weight excluding hydrogens is 347 g/mol. The number of nitrogens with zero attached hydrogens (tertiary/aromatic N) is 6. The number of rotatable bonds is 3. The van der Waals surface area contributed by atoms with Crippen molar-refractivity contribution in [1.82, 2.24) is 29.8 Å². The van der Waals surface area contributed by atoms with E-state index in [0.29, 0.717) is 24.5 Å². The van der Waals surface area contributed by atoms with E-state index >= 15 is 0 Å². The molecule has 2 aromatic heterocycles. The number of benzene rings is 1. The van der Waals surface area contributed by atoms with Crippen LogP contribution in [0.3, 0.4) is 0 Å². The van der Waals surface area contributed by atoms with Crippen LogP contribution in [0.2, 0.25) is 0 Å². The van der Waals surface area contributed by atoms with Gasteiger partial charge in [-0.3, -0.25) is 9.78 Å². The standard InChI is InChI=1S/C19H19FN6O/c1-24-10-12-25(13-11-24)19(27)17-18(14-6-8-21-9-7-14)26(23-22-17)16-4-2-15(20)3-5-16/h2-9H,10-13H2,1H3. The predicted octanol–water partition coefficient (Wildman–Crippen LogP) is 1.86. The molecule has 1 saturated heterocycles. The zero-order chi connectivity index (χ0) is 18.8. The van der Waals surface area contributed by atoms with Crippen LogP contribution in [0.1, 0.15) is 10.5 Å². The van der Waals surface area contributed by atoms with Crippen molar-refractivity contribution in [3.05, 3.63) is 60.3 Å². The maximum Gasteiger partial charge on any atom is 0.276 e. The van der Waals surface area contributed by atoms with Gasteiger partial charge in [-0.25, -0.2) is 9.07 Å². The van der Waals surface area contributed by atoms with Gasteiger partial charge in [0.05, 0.1) is 5.69 Å². The fourth-order valence-electron chi connectivity index (χ4n) is 3.12. The van der Waals surface area contributed by atoms with E-state index in [0.717, 1.165) is 18.7 Å². The number of hydrogen-bond acceptors (Lipinski definition) is 5. The molecule has 27 heavy (non-hydrogen) atoms. The molecule has 1 fully saturated rings. The first kappa shape index (κ1) is 17.3. The van der Waals surface area contributed by atoms with Crippen molar-refractivity contribution < 1.29 is 9.18 Å². The normalized spacial score (nSPS) is 15.1. The van der Waals surface area contributed by atoms with E-state index in [-0.39, 0.29) is 17.4 Å². The average Bonchev–Trinajstić information content (AvgIpc) is 3.14. The topological polar surface area (TPSA) is 67.2 Å². The molecule has 0 spiro atoms. The first-order chi connectivity index (χ1) is 13.1. The Hall–Kier alpha value is -3.13. The van der Waals surface area contributed by atoms with Gasteiger partial charge < -0.3 is 9.80 Å². The third-order valence-electron chi connectivity index (χ3n) is 4.69. The lowest BCUT2D eigenvalue weighted by molar-refractivity contribution is 0.0659. The highest BCUT2D eigenvalue weighted by atomic mass is 19.1. The maximum atomic E-state index is 13.3. The molecule has 7 nitrogen and oxygen atoms in total. The summed E-state index contributed by atoms with van der Waals surface area (Å²) >= 11 is 0. The van der Waals surface area contributed by atoms with Gasteiger partial charge in [0.1, 0.15) is 11.5 Å². The summed E-state index contributed by atoms with van der Waals surface area (Å²) in [5.74, 6) is -0.485. The first-order valence-corrected chi connectivity index (χ1v) is 8.73. The lowest BCUT2D eigenvalue weighted by Crippen LogP contribution is -2.47. The van der Waals surface area contributed by atoms with Gasteiger partial charge in [-0.2, -0.15) is 0 Å². The van der Waals surface area contributed by atoms with Crippen molar-refractivity contribution in [3.63, 3.8) is 0 Å². The zero-order valence-electron chi connectivity index (χ0n) is 14.9. The Morgan fingerprint density at radius 1 is 1.00 bits per heavy atom. The summed E-state index contributed by atoms with van der Waals surface area (Å²) in [5.41, 5.74) is 2.27. The summed E-state index contributed by atoms with van der Waals surface area (Å²) in [5, 5.41) is 8.37. The first-order valence-electron chi connectivity index (χ1n) is 8.73. The highest BCUT2D eigenvalue weighted by Crippen LogP contribution is 2.26. The predicted molar refractivity (Wildman–Crippen MR) is 97.9 cm³/mol.